The van der Waals surface area contributed by atoms with Crippen LogP contribution in [-0.4, -0.2) is 25.3 Å². The Bertz CT molecular complexity index is 1050. The average Bonchev–Trinajstić information content (AvgIpc) is 2.79. The summed E-state index contributed by atoms with van der Waals surface area (Å²) in [6.07, 6.45) is 1.99. The van der Waals surface area contributed by atoms with Gasteiger partial charge < -0.3 is 20.1 Å². The maximum absolute atomic E-state index is 12.1. The minimum atomic E-state index is -0.604. The molecule has 0 spiro atoms. The zero-order valence-corrected chi connectivity index (χ0v) is 17.7. The molecule has 0 aliphatic rings. The van der Waals surface area contributed by atoms with Crippen LogP contribution in [0.3, 0.4) is 0 Å². The molecule has 0 bridgehead atoms. The number of unbranched alkanes of at least 4 members (excludes halogenated alkanes) is 2. The first-order valence-corrected chi connectivity index (χ1v) is 10.3. The highest BCUT2D eigenvalue weighted by molar-refractivity contribution is 7.47. The summed E-state index contributed by atoms with van der Waals surface area (Å²) in [6, 6.07) is 19.9. The van der Waals surface area contributed by atoms with Crippen LogP contribution in [0.1, 0.15) is 19.3 Å². The van der Waals surface area contributed by atoms with Crippen molar-refractivity contribution in [2.24, 2.45) is 4.36 Å². The first-order chi connectivity index (χ1) is 15.2. The van der Waals surface area contributed by atoms with E-state index in [1.54, 1.807) is 24.3 Å². The molecule has 0 aliphatic carbocycles. The van der Waals surface area contributed by atoms with Crippen LogP contribution >= 0.6 is 0 Å². The molecule has 0 radical (unpaired) electrons. The van der Waals surface area contributed by atoms with Crippen molar-refractivity contribution in [2.45, 2.75) is 19.3 Å². The van der Waals surface area contributed by atoms with Gasteiger partial charge in [-0.25, -0.2) is 9.59 Å². The lowest BCUT2D eigenvalue weighted by molar-refractivity contribution is 0.200. The van der Waals surface area contributed by atoms with Crippen LogP contribution in [0.4, 0.5) is 15.3 Å². The molecular formula is C23H23N3O4S. The number of fused-ring (bicyclic) bond motifs is 1. The first kappa shape index (κ1) is 22.2. The van der Waals surface area contributed by atoms with Crippen molar-refractivity contribution < 1.29 is 19.1 Å². The number of para-hydroxylation sites is 2. The van der Waals surface area contributed by atoms with E-state index in [2.05, 4.69) is 27.4 Å². The molecule has 3 aromatic carbocycles. The van der Waals surface area contributed by atoms with Gasteiger partial charge in [-0.05, 0) is 42.8 Å². The molecular weight excluding hydrogens is 414 g/mol. The van der Waals surface area contributed by atoms with Crippen LogP contribution < -0.4 is 20.1 Å². The normalized spacial score (nSPS) is 10.3. The maximum Gasteiger partial charge on any atom is 0.412 e. The summed E-state index contributed by atoms with van der Waals surface area (Å²) in [7, 11) is 0. The maximum atomic E-state index is 12.1. The Morgan fingerprint density at radius 2 is 1.61 bits per heavy atom. The van der Waals surface area contributed by atoms with Crippen molar-refractivity contribution >= 4 is 41.0 Å². The lowest BCUT2D eigenvalue weighted by Crippen LogP contribution is -2.27. The lowest BCUT2D eigenvalue weighted by Gasteiger charge is -2.11. The van der Waals surface area contributed by atoms with E-state index in [0.717, 1.165) is 30.0 Å². The van der Waals surface area contributed by atoms with Gasteiger partial charge >= 0.3 is 12.1 Å². The molecule has 3 rings (SSSR count). The zero-order chi connectivity index (χ0) is 21.9. The minimum absolute atomic E-state index is 0.468. The Balaban J connectivity index is 1.34. The van der Waals surface area contributed by atoms with Crippen LogP contribution in [0.25, 0.3) is 10.8 Å². The molecule has 0 fully saturated rings. The van der Waals surface area contributed by atoms with E-state index in [-0.39, 0.29) is 0 Å². The Labute approximate surface area is 185 Å². The van der Waals surface area contributed by atoms with Crippen molar-refractivity contribution in [1.82, 2.24) is 5.32 Å². The van der Waals surface area contributed by atoms with Crippen molar-refractivity contribution in [3.63, 3.8) is 0 Å². The van der Waals surface area contributed by atoms with Crippen molar-refractivity contribution in [1.29, 1.82) is 0 Å². The fraction of sp³-hybridized carbons (Fsp3) is 0.217. The zero-order valence-electron chi connectivity index (χ0n) is 16.9. The predicted octanol–water partition coefficient (Wildman–Crippen LogP) is 5.44. The van der Waals surface area contributed by atoms with Gasteiger partial charge in [-0.2, -0.15) is 0 Å². The van der Waals surface area contributed by atoms with E-state index in [1.165, 1.54) is 0 Å². The SMILES string of the molecule is O=C(N=S)Nc1ccccc1OCCCCCNC(=O)Oc1cccc2ccccc12. The van der Waals surface area contributed by atoms with E-state index in [0.29, 0.717) is 30.3 Å². The summed E-state index contributed by atoms with van der Waals surface area (Å²) >= 11 is 4.37. The van der Waals surface area contributed by atoms with Gasteiger partial charge in [0, 0.05) is 24.4 Å². The number of carbonyl (C=O) groups is 2. The quantitative estimate of drug-likeness (QED) is 0.435. The molecule has 8 heteroatoms. The summed E-state index contributed by atoms with van der Waals surface area (Å²) in [4.78, 5) is 23.4. The molecule has 3 amide bonds. The lowest BCUT2D eigenvalue weighted by atomic mass is 10.1. The predicted molar refractivity (Wildman–Crippen MR) is 123 cm³/mol. The largest absolute Gasteiger partial charge is 0.491 e. The number of nitrogens with zero attached hydrogens (tertiary/aromatic N) is 1. The number of ether oxygens (including phenoxy) is 2. The second-order valence-electron chi connectivity index (χ2n) is 6.72. The molecule has 3 aromatic rings. The fourth-order valence-corrected chi connectivity index (χ4v) is 3.08. The van der Waals surface area contributed by atoms with Crippen LogP contribution in [-0.2, 0) is 12.4 Å². The summed E-state index contributed by atoms with van der Waals surface area (Å²) in [5, 5.41) is 7.26. The summed E-state index contributed by atoms with van der Waals surface area (Å²) < 4.78 is 14.3. The molecule has 0 saturated heterocycles. The number of urea groups is 1. The Kier molecular flexibility index (Phi) is 8.30. The second kappa shape index (κ2) is 11.6. The summed E-state index contributed by atoms with van der Waals surface area (Å²) in [5.74, 6) is 1.10. The number of benzene rings is 3. The van der Waals surface area contributed by atoms with E-state index < -0.39 is 12.1 Å². The molecule has 2 N–H and O–H groups in total. The minimum Gasteiger partial charge on any atom is -0.491 e. The standard InChI is InChI=1S/C23H23N3O4S/c27-22(26-31)25-19-12-4-5-13-21(19)29-16-7-1-6-15-24-23(28)30-20-14-8-10-17-9-2-3-11-18(17)20/h2-5,8-14H,1,6-7,15-16H2,(H,24,28)(H,25,27). The van der Waals surface area contributed by atoms with Crippen LogP contribution in [0.2, 0.25) is 0 Å². The van der Waals surface area contributed by atoms with Crippen molar-refractivity contribution in [3.05, 3.63) is 66.7 Å². The fourth-order valence-electron chi connectivity index (χ4n) is 3.03. The second-order valence-corrected chi connectivity index (χ2v) is 6.90. The number of carbonyl (C=O) groups excluding carboxylic acids is 2. The highest BCUT2D eigenvalue weighted by Gasteiger charge is 2.08. The van der Waals surface area contributed by atoms with Gasteiger partial charge in [-0.3, -0.25) is 0 Å². The van der Waals surface area contributed by atoms with Gasteiger partial charge in [-0.1, -0.05) is 48.5 Å². The molecule has 7 nitrogen and oxygen atoms in total. The van der Waals surface area contributed by atoms with Gasteiger partial charge in [-0.15, -0.1) is 4.36 Å². The molecule has 0 aromatic heterocycles. The van der Waals surface area contributed by atoms with Gasteiger partial charge in [0.2, 0.25) is 0 Å². The molecule has 0 saturated carbocycles. The topological polar surface area (TPSA) is 89.0 Å². The Morgan fingerprint density at radius 3 is 2.48 bits per heavy atom. The van der Waals surface area contributed by atoms with E-state index >= 15 is 0 Å². The molecule has 160 valence electrons. The average molecular weight is 438 g/mol. The highest BCUT2D eigenvalue weighted by atomic mass is 32.1. The van der Waals surface area contributed by atoms with E-state index in [1.807, 2.05) is 42.5 Å². The number of hydrogen-bond acceptors (Lipinski definition) is 5. The van der Waals surface area contributed by atoms with Gasteiger partial charge in [0.25, 0.3) is 0 Å². The Morgan fingerprint density at radius 1 is 0.871 bits per heavy atom. The van der Waals surface area contributed by atoms with E-state index in [4.69, 9.17) is 9.47 Å². The number of amides is 3. The van der Waals surface area contributed by atoms with Gasteiger partial charge in [0.1, 0.15) is 11.5 Å². The molecule has 0 aliphatic heterocycles. The van der Waals surface area contributed by atoms with Gasteiger partial charge in [0.05, 0.1) is 12.3 Å². The summed E-state index contributed by atoms with van der Waals surface area (Å²) in [5.41, 5.74) is 0.527. The van der Waals surface area contributed by atoms with E-state index in [9.17, 15) is 9.59 Å². The van der Waals surface area contributed by atoms with Crippen LogP contribution in [0, 0.1) is 0 Å². The number of anilines is 1. The van der Waals surface area contributed by atoms with Crippen molar-refractivity contribution in [3.8, 4) is 11.5 Å². The molecule has 0 heterocycles. The third-order valence-electron chi connectivity index (χ3n) is 4.51. The molecule has 31 heavy (non-hydrogen) atoms. The summed E-state index contributed by atoms with van der Waals surface area (Å²) in [6.45, 7) is 0.995. The number of hydrogen-bond donors (Lipinski definition) is 2. The van der Waals surface area contributed by atoms with Crippen molar-refractivity contribution in [2.75, 3.05) is 18.5 Å². The highest BCUT2D eigenvalue weighted by Crippen LogP contribution is 2.25. The van der Waals surface area contributed by atoms with Crippen LogP contribution in [0.15, 0.2) is 71.1 Å². The third-order valence-corrected chi connectivity index (χ3v) is 4.68. The van der Waals surface area contributed by atoms with Gasteiger partial charge in [0.15, 0.2) is 0 Å². The van der Waals surface area contributed by atoms with Crippen LogP contribution in [0.5, 0.6) is 11.5 Å². The monoisotopic (exact) mass is 437 g/mol. The molecule has 0 unspecified atom stereocenters. The molecule has 0 atom stereocenters. The third kappa shape index (κ3) is 6.75. The first-order valence-electron chi connectivity index (χ1n) is 9.97. The smallest absolute Gasteiger partial charge is 0.412 e. The number of rotatable bonds is 9. The number of nitrogens with one attached hydrogen (secondary N) is 2. The Hall–Kier alpha value is -3.52.